The first-order chi connectivity index (χ1) is 8.85. The van der Waals surface area contributed by atoms with Crippen LogP contribution in [0.2, 0.25) is 0 Å². The van der Waals surface area contributed by atoms with Crippen molar-refractivity contribution in [3.63, 3.8) is 0 Å². The summed E-state index contributed by atoms with van der Waals surface area (Å²) in [7, 11) is 0. The molecule has 0 aliphatic rings. The van der Waals surface area contributed by atoms with Gasteiger partial charge in [0.25, 0.3) is 6.47 Å². The largest absolute Gasteiger partial charge is 0.467 e. The van der Waals surface area contributed by atoms with Crippen LogP contribution in [0, 0.1) is 0 Å². The lowest BCUT2D eigenvalue weighted by Crippen LogP contribution is -1.96. The third-order valence-corrected chi connectivity index (χ3v) is 2.96. The number of hydrogen-bond donors (Lipinski definition) is 2. The zero-order valence-electron chi connectivity index (χ0n) is 10.2. The Morgan fingerprint density at radius 3 is 3.00 bits per heavy atom. The number of aliphatic hydroxyl groups excluding tert-OH is 1. The van der Waals surface area contributed by atoms with Crippen LogP contribution in [-0.4, -0.2) is 29.8 Å². The number of ether oxygens (including phenoxy) is 1. The fourth-order valence-corrected chi connectivity index (χ4v) is 2.11. The number of para-hydroxylation sites is 1. The Morgan fingerprint density at radius 1 is 1.33 bits per heavy atom. The number of rotatable bonds is 7. The maximum Gasteiger partial charge on any atom is 0.293 e. The van der Waals surface area contributed by atoms with E-state index >= 15 is 0 Å². The second kappa shape index (κ2) is 6.21. The zero-order valence-corrected chi connectivity index (χ0v) is 10.2. The van der Waals surface area contributed by atoms with Crippen LogP contribution in [0.5, 0.6) is 0 Å². The van der Waals surface area contributed by atoms with Crippen molar-refractivity contribution < 1.29 is 14.6 Å². The molecule has 2 N–H and O–H groups in total. The van der Waals surface area contributed by atoms with E-state index in [9.17, 15) is 4.79 Å². The van der Waals surface area contributed by atoms with Crippen LogP contribution in [-0.2, 0) is 22.4 Å². The van der Waals surface area contributed by atoms with Gasteiger partial charge in [0.1, 0.15) is 0 Å². The average molecular weight is 247 g/mol. The summed E-state index contributed by atoms with van der Waals surface area (Å²) < 4.78 is 4.69. The highest BCUT2D eigenvalue weighted by atomic mass is 16.5. The van der Waals surface area contributed by atoms with Crippen molar-refractivity contribution in [3.05, 3.63) is 35.5 Å². The number of hydrogen-bond acceptors (Lipinski definition) is 3. The van der Waals surface area contributed by atoms with E-state index in [0.717, 1.165) is 29.4 Å². The fourth-order valence-electron chi connectivity index (χ4n) is 2.11. The topological polar surface area (TPSA) is 62.3 Å². The van der Waals surface area contributed by atoms with Crippen LogP contribution in [0.4, 0.5) is 0 Å². The molecule has 96 valence electrons. The quantitative estimate of drug-likeness (QED) is 0.579. The third-order valence-electron chi connectivity index (χ3n) is 2.96. The number of benzene rings is 1. The van der Waals surface area contributed by atoms with Gasteiger partial charge in [0.05, 0.1) is 6.61 Å². The average Bonchev–Trinajstić information content (AvgIpc) is 2.80. The number of aromatic amines is 1. The molecule has 4 heteroatoms. The molecule has 2 aromatic rings. The highest BCUT2D eigenvalue weighted by molar-refractivity contribution is 5.83. The van der Waals surface area contributed by atoms with Gasteiger partial charge in [0.2, 0.25) is 0 Å². The minimum Gasteiger partial charge on any atom is -0.467 e. The Kier molecular flexibility index (Phi) is 4.36. The summed E-state index contributed by atoms with van der Waals surface area (Å²) >= 11 is 0. The lowest BCUT2D eigenvalue weighted by molar-refractivity contribution is -0.128. The van der Waals surface area contributed by atoms with Crippen molar-refractivity contribution in [1.29, 1.82) is 0 Å². The molecule has 0 spiro atoms. The van der Waals surface area contributed by atoms with Crippen LogP contribution in [0.15, 0.2) is 24.3 Å². The molecule has 1 aromatic heterocycles. The van der Waals surface area contributed by atoms with Crippen molar-refractivity contribution in [3.8, 4) is 0 Å². The molecule has 0 unspecified atom stereocenters. The molecular formula is C14H17NO3. The highest BCUT2D eigenvalue weighted by Gasteiger charge is 2.05. The molecule has 0 fully saturated rings. The first-order valence-electron chi connectivity index (χ1n) is 6.10. The van der Waals surface area contributed by atoms with Crippen molar-refractivity contribution >= 4 is 17.4 Å². The summed E-state index contributed by atoms with van der Waals surface area (Å²) in [5, 5.41) is 10.0. The predicted octanol–water partition coefficient (Wildman–Crippen LogP) is 1.81. The summed E-state index contributed by atoms with van der Waals surface area (Å²) in [6, 6.07) is 8.22. The van der Waals surface area contributed by atoms with Gasteiger partial charge in [-0.05, 0) is 29.9 Å². The van der Waals surface area contributed by atoms with Crippen molar-refractivity contribution in [2.75, 3.05) is 13.2 Å². The summed E-state index contributed by atoms with van der Waals surface area (Å²) in [6.45, 7) is 1.06. The van der Waals surface area contributed by atoms with E-state index in [2.05, 4.69) is 23.2 Å². The zero-order chi connectivity index (χ0) is 12.8. The second-order valence-corrected chi connectivity index (χ2v) is 4.22. The molecular weight excluding hydrogens is 230 g/mol. The highest BCUT2D eigenvalue weighted by Crippen LogP contribution is 2.21. The standard InChI is InChI=1S/C14H17NO3/c16-7-2-5-11-3-1-4-12-9-13(15-14(11)12)6-8-18-10-17/h1,3-4,9-10,15-16H,2,5-8H2. The number of aliphatic hydroxyl groups is 1. The number of carbonyl (C=O) groups is 1. The first kappa shape index (κ1) is 12.6. The molecule has 0 radical (unpaired) electrons. The van der Waals surface area contributed by atoms with Gasteiger partial charge in [-0.3, -0.25) is 4.79 Å². The van der Waals surface area contributed by atoms with Gasteiger partial charge in [-0.2, -0.15) is 0 Å². The van der Waals surface area contributed by atoms with Gasteiger partial charge in [-0.1, -0.05) is 18.2 Å². The van der Waals surface area contributed by atoms with Crippen LogP contribution in [0.25, 0.3) is 10.9 Å². The number of nitrogens with one attached hydrogen (secondary N) is 1. The summed E-state index contributed by atoms with van der Waals surface area (Å²) in [5.41, 5.74) is 3.39. The maximum atomic E-state index is 10.1. The van der Waals surface area contributed by atoms with Crippen LogP contribution in [0.1, 0.15) is 17.7 Å². The Hall–Kier alpha value is -1.81. The van der Waals surface area contributed by atoms with Crippen molar-refractivity contribution in [2.24, 2.45) is 0 Å². The van der Waals surface area contributed by atoms with Crippen molar-refractivity contribution in [1.82, 2.24) is 4.98 Å². The second-order valence-electron chi connectivity index (χ2n) is 4.22. The van der Waals surface area contributed by atoms with E-state index in [4.69, 9.17) is 9.84 Å². The molecule has 0 bridgehead atoms. The summed E-state index contributed by atoms with van der Waals surface area (Å²) in [4.78, 5) is 13.4. The fraction of sp³-hybridized carbons (Fsp3) is 0.357. The SMILES string of the molecule is O=COCCc1cc2cccc(CCCO)c2[nH]1. The molecule has 0 atom stereocenters. The smallest absolute Gasteiger partial charge is 0.293 e. The molecule has 0 saturated carbocycles. The molecule has 4 nitrogen and oxygen atoms in total. The number of carbonyl (C=O) groups excluding carboxylic acids is 1. The first-order valence-corrected chi connectivity index (χ1v) is 6.10. The van der Waals surface area contributed by atoms with Crippen LogP contribution >= 0.6 is 0 Å². The van der Waals surface area contributed by atoms with Gasteiger partial charge < -0.3 is 14.8 Å². The molecule has 1 aromatic carbocycles. The van der Waals surface area contributed by atoms with E-state index in [0.29, 0.717) is 19.5 Å². The maximum absolute atomic E-state index is 10.1. The van der Waals surface area contributed by atoms with Crippen LogP contribution in [0.3, 0.4) is 0 Å². The number of aromatic nitrogens is 1. The Bertz CT molecular complexity index is 519. The van der Waals surface area contributed by atoms with E-state index in [1.54, 1.807) is 0 Å². The molecule has 0 aliphatic heterocycles. The molecule has 18 heavy (non-hydrogen) atoms. The minimum atomic E-state index is 0.205. The van der Waals surface area contributed by atoms with Gasteiger partial charge in [0, 0.05) is 24.2 Å². The Morgan fingerprint density at radius 2 is 2.22 bits per heavy atom. The molecule has 0 saturated heterocycles. The van der Waals surface area contributed by atoms with Crippen molar-refractivity contribution in [2.45, 2.75) is 19.3 Å². The van der Waals surface area contributed by atoms with Gasteiger partial charge in [-0.25, -0.2) is 0 Å². The van der Waals surface area contributed by atoms with Crippen LogP contribution < -0.4 is 0 Å². The van der Waals surface area contributed by atoms with Gasteiger partial charge in [-0.15, -0.1) is 0 Å². The molecule has 0 amide bonds. The lowest BCUT2D eigenvalue weighted by atomic mass is 10.1. The van der Waals surface area contributed by atoms with Gasteiger partial charge >= 0.3 is 0 Å². The van der Waals surface area contributed by atoms with E-state index in [1.165, 1.54) is 5.56 Å². The Balaban J connectivity index is 2.18. The summed E-state index contributed by atoms with van der Waals surface area (Å²) in [6.07, 6.45) is 2.31. The Labute approximate surface area is 106 Å². The monoisotopic (exact) mass is 247 g/mol. The molecule has 0 aliphatic carbocycles. The third kappa shape index (κ3) is 2.90. The summed E-state index contributed by atoms with van der Waals surface area (Å²) in [5.74, 6) is 0. The number of fused-ring (bicyclic) bond motifs is 1. The number of aryl methyl sites for hydroxylation is 1. The normalized spacial score (nSPS) is 10.7. The lowest BCUT2D eigenvalue weighted by Gasteiger charge is -2.01. The predicted molar refractivity (Wildman–Crippen MR) is 69.4 cm³/mol. The molecule has 1 heterocycles. The van der Waals surface area contributed by atoms with E-state index < -0.39 is 0 Å². The van der Waals surface area contributed by atoms with E-state index in [1.807, 2.05) is 6.07 Å². The molecule has 2 rings (SSSR count). The number of H-pyrrole nitrogens is 1. The van der Waals surface area contributed by atoms with E-state index in [-0.39, 0.29) is 6.61 Å². The minimum absolute atomic E-state index is 0.205. The van der Waals surface area contributed by atoms with Gasteiger partial charge in [0.15, 0.2) is 0 Å².